The van der Waals surface area contributed by atoms with Crippen LogP contribution in [-0.2, 0) is 13.2 Å². The van der Waals surface area contributed by atoms with Crippen LogP contribution in [0.4, 0.5) is 0 Å². The first kappa shape index (κ1) is 9.30. The number of aliphatic hydroxyl groups is 1. The molecule has 0 fully saturated rings. The SMILES string of the molecule is OCc1ncc2n1-c1ccccc1C=NC2. The predicted octanol–water partition coefficient (Wildman–Crippen LogP) is 1.30. The van der Waals surface area contributed by atoms with E-state index in [1.54, 1.807) is 6.20 Å². The lowest BCUT2D eigenvalue weighted by Gasteiger charge is -2.10. The highest BCUT2D eigenvalue weighted by molar-refractivity contribution is 5.85. The molecule has 0 amide bonds. The minimum atomic E-state index is -0.0612. The van der Waals surface area contributed by atoms with E-state index >= 15 is 0 Å². The van der Waals surface area contributed by atoms with Gasteiger partial charge >= 0.3 is 0 Å². The maximum atomic E-state index is 9.28. The molecule has 1 aromatic heterocycles. The quantitative estimate of drug-likeness (QED) is 0.776. The molecule has 0 saturated heterocycles. The van der Waals surface area contributed by atoms with Crippen LogP contribution in [-0.4, -0.2) is 20.9 Å². The Morgan fingerprint density at radius 3 is 3.06 bits per heavy atom. The Hall–Kier alpha value is -1.94. The Kier molecular flexibility index (Phi) is 2.08. The van der Waals surface area contributed by atoms with Crippen molar-refractivity contribution in [3.8, 4) is 5.69 Å². The molecule has 0 unspecified atom stereocenters. The van der Waals surface area contributed by atoms with Crippen LogP contribution in [0.2, 0.25) is 0 Å². The molecule has 80 valence electrons. The third-order valence-corrected chi connectivity index (χ3v) is 2.71. The summed E-state index contributed by atoms with van der Waals surface area (Å²) < 4.78 is 1.97. The standard InChI is InChI=1S/C12H11N3O/c16-8-12-14-7-10-6-13-5-9-3-1-2-4-11(9)15(10)12/h1-5,7,16H,6,8H2. The fourth-order valence-electron chi connectivity index (χ4n) is 1.98. The molecule has 0 atom stereocenters. The Balaban J connectivity index is 2.31. The van der Waals surface area contributed by atoms with Gasteiger partial charge in [0.25, 0.3) is 0 Å². The minimum Gasteiger partial charge on any atom is -0.388 e. The lowest BCUT2D eigenvalue weighted by atomic mass is 10.2. The zero-order valence-corrected chi connectivity index (χ0v) is 8.67. The molecule has 1 N–H and O–H groups in total. The summed E-state index contributed by atoms with van der Waals surface area (Å²) in [5.41, 5.74) is 3.08. The average Bonchev–Trinajstić information content (AvgIpc) is 2.64. The fourth-order valence-corrected chi connectivity index (χ4v) is 1.98. The van der Waals surface area contributed by atoms with Crippen LogP contribution < -0.4 is 0 Å². The summed E-state index contributed by atoms with van der Waals surface area (Å²) in [4.78, 5) is 8.53. The molecule has 3 rings (SSSR count). The predicted molar refractivity (Wildman–Crippen MR) is 60.8 cm³/mol. The van der Waals surface area contributed by atoms with Crippen molar-refractivity contribution >= 4 is 6.21 Å². The van der Waals surface area contributed by atoms with Crippen molar-refractivity contribution in [2.45, 2.75) is 13.2 Å². The summed E-state index contributed by atoms with van der Waals surface area (Å²) >= 11 is 0. The van der Waals surface area contributed by atoms with Gasteiger partial charge in [0.15, 0.2) is 0 Å². The number of imidazole rings is 1. The molecule has 2 aromatic rings. The van der Waals surface area contributed by atoms with Crippen LogP contribution >= 0.6 is 0 Å². The number of fused-ring (bicyclic) bond motifs is 3. The number of rotatable bonds is 1. The van der Waals surface area contributed by atoms with Crippen LogP contribution in [0, 0.1) is 0 Å². The minimum absolute atomic E-state index is 0.0612. The van der Waals surface area contributed by atoms with Crippen LogP contribution in [0.15, 0.2) is 35.5 Å². The number of aromatic nitrogens is 2. The number of hydrogen-bond acceptors (Lipinski definition) is 3. The number of aliphatic imine (C=N–C) groups is 1. The van der Waals surface area contributed by atoms with Gasteiger partial charge in [0.05, 0.1) is 24.1 Å². The Morgan fingerprint density at radius 1 is 1.31 bits per heavy atom. The summed E-state index contributed by atoms with van der Waals surface area (Å²) in [6.07, 6.45) is 3.63. The van der Waals surface area contributed by atoms with Crippen molar-refractivity contribution in [2.24, 2.45) is 4.99 Å². The molecule has 4 nitrogen and oxygen atoms in total. The molecule has 1 aliphatic heterocycles. The third kappa shape index (κ3) is 1.27. The van der Waals surface area contributed by atoms with E-state index in [0.29, 0.717) is 12.4 Å². The van der Waals surface area contributed by atoms with Crippen molar-refractivity contribution in [1.29, 1.82) is 0 Å². The van der Waals surface area contributed by atoms with Gasteiger partial charge in [0.2, 0.25) is 0 Å². The zero-order valence-electron chi connectivity index (χ0n) is 8.67. The largest absolute Gasteiger partial charge is 0.388 e. The maximum Gasteiger partial charge on any atom is 0.139 e. The zero-order chi connectivity index (χ0) is 11.0. The first-order valence-corrected chi connectivity index (χ1v) is 5.16. The second kappa shape index (κ2) is 3.57. The van der Waals surface area contributed by atoms with Gasteiger partial charge in [-0.15, -0.1) is 0 Å². The van der Waals surface area contributed by atoms with E-state index in [1.807, 2.05) is 35.0 Å². The van der Waals surface area contributed by atoms with E-state index in [4.69, 9.17) is 0 Å². The fraction of sp³-hybridized carbons (Fsp3) is 0.167. The van der Waals surface area contributed by atoms with Crippen molar-refractivity contribution in [2.75, 3.05) is 0 Å². The molecule has 2 heterocycles. The molecule has 16 heavy (non-hydrogen) atoms. The second-order valence-corrected chi connectivity index (χ2v) is 3.69. The van der Waals surface area contributed by atoms with Gasteiger partial charge in [-0.25, -0.2) is 4.98 Å². The van der Waals surface area contributed by atoms with Crippen molar-refractivity contribution in [3.63, 3.8) is 0 Å². The number of aliphatic hydroxyl groups excluding tert-OH is 1. The number of para-hydroxylation sites is 1. The van der Waals surface area contributed by atoms with E-state index in [1.165, 1.54) is 0 Å². The van der Waals surface area contributed by atoms with Gasteiger partial charge in [-0.2, -0.15) is 0 Å². The second-order valence-electron chi connectivity index (χ2n) is 3.69. The molecule has 0 aliphatic carbocycles. The van der Waals surface area contributed by atoms with Crippen LogP contribution in [0.1, 0.15) is 17.1 Å². The van der Waals surface area contributed by atoms with Gasteiger partial charge in [-0.05, 0) is 6.07 Å². The smallest absolute Gasteiger partial charge is 0.139 e. The monoisotopic (exact) mass is 213 g/mol. The molecular weight excluding hydrogens is 202 g/mol. The third-order valence-electron chi connectivity index (χ3n) is 2.71. The number of nitrogens with zero attached hydrogens (tertiary/aromatic N) is 3. The van der Waals surface area contributed by atoms with E-state index in [-0.39, 0.29) is 6.61 Å². The first-order chi connectivity index (χ1) is 7.90. The van der Waals surface area contributed by atoms with Gasteiger partial charge in [-0.1, -0.05) is 18.2 Å². The van der Waals surface area contributed by atoms with Crippen LogP contribution in [0.5, 0.6) is 0 Å². The molecular formula is C12H11N3O. The number of benzene rings is 1. The van der Waals surface area contributed by atoms with Gasteiger partial charge in [0.1, 0.15) is 12.4 Å². The molecule has 1 aromatic carbocycles. The summed E-state index contributed by atoms with van der Waals surface area (Å²) in [7, 11) is 0. The highest BCUT2D eigenvalue weighted by Crippen LogP contribution is 2.21. The normalized spacial score (nSPS) is 13.1. The topological polar surface area (TPSA) is 50.4 Å². The van der Waals surface area contributed by atoms with Crippen molar-refractivity contribution in [3.05, 3.63) is 47.5 Å². The van der Waals surface area contributed by atoms with E-state index in [9.17, 15) is 5.11 Å². The van der Waals surface area contributed by atoms with Gasteiger partial charge in [0, 0.05) is 11.8 Å². The molecule has 0 saturated carbocycles. The first-order valence-electron chi connectivity index (χ1n) is 5.16. The Labute approximate surface area is 92.9 Å². The van der Waals surface area contributed by atoms with Gasteiger partial charge < -0.3 is 5.11 Å². The van der Waals surface area contributed by atoms with Crippen molar-refractivity contribution in [1.82, 2.24) is 9.55 Å². The molecule has 1 aliphatic rings. The number of hydrogen-bond donors (Lipinski definition) is 1. The maximum absolute atomic E-state index is 9.28. The van der Waals surface area contributed by atoms with Crippen LogP contribution in [0.25, 0.3) is 5.69 Å². The van der Waals surface area contributed by atoms with E-state index < -0.39 is 0 Å². The molecule has 0 radical (unpaired) electrons. The van der Waals surface area contributed by atoms with Crippen LogP contribution in [0.3, 0.4) is 0 Å². The average molecular weight is 213 g/mol. The summed E-state index contributed by atoms with van der Waals surface area (Å²) in [6.45, 7) is 0.538. The molecule has 4 heteroatoms. The lowest BCUT2D eigenvalue weighted by Crippen LogP contribution is -2.05. The highest BCUT2D eigenvalue weighted by Gasteiger charge is 2.14. The van der Waals surface area contributed by atoms with Gasteiger partial charge in [-0.3, -0.25) is 9.56 Å². The molecule has 0 spiro atoms. The highest BCUT2D eigenvalue weighted by atomic mass is 16.3. The van der Waals surface area contributed by atoms with E-state index in [2.05, 4.69) is 9.98 Å². The van der Waals surface area contributed by atoms with Crippen molar-refractivity contribution < 1.29 is 5.11 Å². The summed E-state index contributed by atoms with van der Waals surface area (Å²) in [5.74, 6) is 0.660. The Bertz CT molecular complexity index is 557. The van der Waals surface area contributed by atoms with E-state index in [0.717, 1.165) is 16.9 Å². The lowest BCUT2D eigenvalue weighted by molar-refractivity contribution is 0.269. The Morgan fingerprint density at radius 2 is 2.19 bits per heavy atom. The molecule has 0 bridgehead atoms. The summed E-state index contributed by atoms with van der Waals surface area (Å²) in [5, 5.41) is 9.28. The summed E-state index contributed by atoms with van der Waals surface area (Å²) in [6, 6.07) is 7.97.